The Morgan fingerprint density at radius 3 is 2.73 bits per heavy atom. The van der Waals surface area contributed by atoms with Crippen molar-refractivity contribution in [2.75, 3.05) is 26.7 Å². The van der Waals surface area contributed by atoms with E-state index in [9.17, 15) is 4.79 Å². The Morgan fingerprint density at radius 1 is 1.45 bits per heavy atom. The highest BCUT2D eigenvalue weighted by atomic mass is 16.5. The molecule has 0 amide bonds. The second kappa shape index (κ2) is 7.19. The number of aromatic nitrogens is 2. The summed E-state index contributed by atoms with van der Waals surface area (Å²) in [6, 6.07) is 0. The van der Waals surface area contributed by atoms with Gasteiger partial charge >= 0.3 is 5.97 Å². The Kier molecular flexibility index (Phi) is 5.52. The average molecular weight is 310 g/mol. The van der Waals surface area contributed by atoms with E-state index >= 15 is 0 Å². The lowest BCUT2D eigenvalue weighted by molar-refractivity contribution is -0.140. The lowest BCUT2D eigenvalue weighted by Gasteiger charge is -2.37. The van der Waals surface area contributed by atoms with Crippen LogP contribution in [0.1, 0.15) is 44.8 Å². The third-order valence-corrected chi connectivity index (χ3v) is 4.06. The number of nitrogens with two attached hydrogens (primary N) is 1. The fourth-order valence-electron chi connectivity index (χ4n) is 2.74. The summed E-state index contributed by atoms with van der Waals surface area (Å²) in [5, 5.41) is 4.02. The van der Waals surface area contributed by atoms with Crippen molar-refractivity contribution in [1.82, 2.24) is 15.0 Å². The lowest BCUT2D eigenvalue weighted by atomic mass is 9.87. The lowest BCUT2D eigenvalue weighted by Crippen LogP contribution is -2.49. The Balaban J connectivity index is 1.91. The first kappa shape index (κ1) is 16.9. The van der Waals surface area contributed by atoms with Crippen molar-refractivity contribution in [3.8, 4) is 0 Å². The molecule has 7 nitrogen and oxygen atoms in total. The third kappa shape index (κ3) is 4.27. The molecule has 1 fully saturated rings. The highest BCUT2D eigenvalue weighted by Crippen LogP contribution is 2.28. The van der Waals surface area contributed by atoms with E-state index in [-0.39, 0.29) is 12.4 Å². The Bertz CT molecular complexity index is 493. The molecule has 2 heterocycles. The SMILES string of the molecule is COC(=O)CCc1nc(C2(N)CCN(CC(C)C)CC2)no1. The molecule has 1 aliphatic rings. The maximum Gasteiger partial charge on any atom is 0.306 e. The molecule has 2 rings (SSSR count). The smallest absolute Gasteiger partial charge is 0.306 e. The molecule has 0 atom stereocenters. The van der Waals surface area contributed by atoms with Crippen LogP contribution < -0.4 is 5.73 Å². The number of carbonyl (C=O) groups is 1. The second-order valence-electron chi connectivity index (χ2n) is 6.44. The van der Waals surface area contributed by atoms with Gasteiger partial charge in [0.2, 0.25) is 5.89 Å². The monoisotopic (exact) mass is 310 g/mol. The molecule has 0 spiro atoms. The van der Waals surface area contributed by atoms with E-state index in [1.54, 1.807) is 0 Å². The predicted molar refractivity (Wildman–Crippen MR) is 81.0 cm³/mol. The highest BCUT2D eigenvalue weighted by molar-refractivity contribution is 5.69. The maximum atomic E-state index is 11.1. The van der Waals surface area contributed by atoms with Gasteiger partial charge in [-0.3, -0.25) is 4.79 Å². The standard InChI is InChI=1S/C15H26N4O3/c1-11(2)10-19-8-6-15(16,7-9-19)14-17-12(22-18-14)4-5-13(20)21-3/h11H,4-10,16H2,1-3H3. The number of aryl methyl sites for hydroxylation is 1. The number of hydrogen-bond donors (Lipinski definition) is 1. The van der Waals surface area contributed by atoms with Crippen molar-refractivity contribution in [2.45, 2.75) is 45.1 Å². The summed E-state index contributed by atoms with van der Waals surface area (Å²) in [5.41, 5.74) is 5.94. The number of piperidine rings is 1. The van der Waals surface area contributed by atoms with E-state index in [1.165, 1.54) is 7.11 Å². The average Bonchev–Trinajstić information content (AvgIpc) is 2.96. The highest BCUT2D eigenvalue weighted by Gasteiger charge is 2.36. The minimum atomic E-state index is -0.527. The molecule has 1 saturated heterocycles. The summed E-state index contributed by atoms with van der Waals surface area (Å²) in [5.74, 6) is 1.36. The van der Waals surface area contributed by atoms with Crippen molar-refractivity contribution in [3.05, 3.63) is 11.7 Å². The molecule has 0 aromatic carbocycles. The van der Waals surface area contributed by atoms with Crippen LogP contribution in [-0.4, -0.2) is 47.8 Å². The molecule has 124 valence electrons. The number of hydrogen-bond acceptors (Lipinski definition) is 7. The molecular weight excluding hydrogens is 284 g/mol. The summed E-state index contributed by atoms with van der Waals surface area (Å²) < 4.78 is 9.81. The van der Waals surface area contributed by atoms with Crippen molar-refractivity contribution in [2.24, 2.45) is 11.7 Å². The summed E-state index contributed by atoms with van der Waals surface area (Å²) in [4.78, 5) is 17.9. The van der Waals surface area contributed by atoms with Gasteiger partial charge in [0.15, 0.2) is 5.82 Å². The normalized spacial score (nSPS) is 18.6. The van der Waals surface area contributed by atoms with E-state index in [1.807, 2.05) is 0 Å². The molecule has 2 N–H and O–H groups in total. The fraction of sp³-hybridized carbons (Fsp3) is 0.800. The molecule has 1 aliphatic heterocycles. The predicted octanol–water partition coefficient (Wildman–Crippen LogP) is 1.08. The topological polar surface area (TPSA) is 94.5 Å². The van der Waals surface area contributed by atoms with Gasteiger partial charge < -0.3 is 19.9 Å². The van der Waals surface area contributed by atoms with Crippen LogP contribution >= 0.6 is 0 Å². The number of carbonyl (C=O) groups excluding carboxylic acids is 1. The van der Waals surface area contributed by atoms with E-state index in [2.05, 4.69) is 33.6 Å². The van der Waals surface area contributed by atoms with Crippen LogP contribution in [0.3, 0.4) is 0 Å². The first-order valence-corrected chi connectivity index (χ1v) is 7.84. The van der Waals surface area contributed by atoms with E-state index in [0.29, 0.717) is 24.1 Å². The van der Waals surface area contributed by atoms with Gasteiger partial charge in [-0.2, -0.15) is 4.98 Å². The summed E-state index contributed by atoms with van der Waals surface area (Å²) in [7, 11) is 1.36. The van der Waals surface area contributed by atoms with E-state index < -0.39 is 5.54 Å². The number of ether oxygens (including phenoxy) is 1. The second-order valence-corrected chi connectivity index (χ2v) is 6.44. The van der Waals surface area contributed by atoms with Gasteiger partial charge in [0.25, 0.3) is 0 Å². The number of rotatable bonds is 6. The molecule has 22 heavy (non-hydrogen) atoms. The zero-order valence-corrected chi connectivity index (χ0v) is 13.7. The Hall–Kier alpha value is -1.47. The fourth-order valence-corrected chi connectivity index (χ4v) is 2.74. The minimum Gasteiger partial charge on any atom is -0.469 e. The van der Waals surface area contributed by atoms with E-state index in [0.717, 1.165) is 32.5 Å². The van der Waals surface area contributed by atoms with Crippen LogP contribution in [0.15, 0.2) is 4.52 Å². The summed E-state index contributed by atoms with van der Waals surface area (Å²) in [6.45, 7) is 7.42. The van der Waals surface area contributed by atoms with Gasteiger partial charge in [-0.15, -0.1) is 0 Å². The maximum absolute atomic E-state index is 11.1. The molecule has 0 aliphatic carbocycles. The molecule has 7 heteroatoms. The first-order chi connectivity index (χ1) is 10.4. The van der Waals surface area contributed by atoms with Crippen LogP contribution in [0.2, 0.25) is 0 Å². The number of methoxy groups -OCH3 is 1. The minimum absolute atomic E-state index is 0.234. The van der Waals surface area contributed by atoms with Crippen LogP contribution in [0.25, 0.3) is 0 Å². The molecule has 1 aromatic rings. The largest absolute Gasteiger partial charge is 0.469 e. The van der Waals surface area contributed by atoms with Crippen molar-refractivity contribution in [3.63, 3.8) is 0 Å². The van der Waals surface area contributed by atoms with E-state index in [4.69, 9.17) is 10.3 Å². The molecule has 0 radical (unpaired) electrons. The first-order valence-electron chi connectivity index (χ1n) is 7.84. The van der Waals surface area contributed by atoms with Gasteiger partial charge in [0.1, 0.15) is 0 Å². The van der Waals surface area contributed by atoms with Gasteiger partial charge in [0.05, 0.1) is 19.1 Å². The summed E-state index contributed by atoms with van der Waals surface area (Å²) in [6.07, 6.45) is 2.25. The van der Waals surface area contributed by atoms with Gasteiger partial charge in [-0.05, 0) is 18.8 Å². The molecule has 1 aromatic heterocycles. The van der Waals surface area contributed by atoms with Crippen molar-refractivity contribution >= 4 is 5.97 Å². The van der Waals surface area contributed by atoms with Crippen LogP contribution in [0, 0.1) is 5.92 Å². The Morgan fingerprint density at radius 2 is 2.14 bits per heavy atom. The van der Waals surface area contributed by atoms with Crippen LogP contribution in [0.5, 0.6) is 0 Å². The van der Waals surface area contributed by atoms with Gasteiger partial charge in [0, 0.05) is 26.1 Å². The van der Waals surface area contributed by atoms with Crippen molar-refractivity contribution < 1.29 is 14.1 Å². The quantitative estimate of drug-likeness (QED) is 0.786. The Labute approximate surface area is 131 Å². The molecule has 0 bridgehead atoms. The number of likely N-dealkylation sites (tertiary alicyclic amines) is 1. The van der Waals surface area contributed by atoms with Crippen LogP contribution in [-0.2, 0) is 21.5 Å². The zero-order chi connectivity index (χ0) is 16.2. The van der Waals surface area contributed by atoms with Crippen LogP contribution in [0.4, 0.5) is 0 Å². The van der Waals surface area contributed by atoms with Crippen molar-refractivity contribution in [1.29, 1.82) is 0 Å². The third-order valence-electron chi connectivity index (χ3n) is 4.06. The van der Waals surface area contributed by atoms with Gasteiger partial charge in [-0.25, -0.2) is 0 Å². The zero-order valence-electron chi connectivity index (χ0n) is 13.7. The number of nitrogens with zero attached hydrogens (tertiary/aromatic N) is 3. The summed E-state index contributed by atoms with van der Waals surface area (Å²) >= 11 is 0. The molecular formula is C15H26N4O3. The molecule has 0 unspecified atom stereocenters. The molecule has 0 saturated carbocycles. The number of esters is 1. The van der Waals surface area contributed by atoms with Gasteiger partial charge in [-0.1, -0.05) is 19.0 Å².